The van der Waals surface area contributed by atoms with Crippen molar-refractivity contribution in [2.75, 3.05) is 5.32 Å². The highest BCUT2D eigenvalue weighted by Gasteiger charge is 2.43. The van der Waals surface area contributed by atoms with Crippen LogP contribution in [-0.2, 0) is 5.60 Å². The lowest BCUT2D eigenvalue weighted by atomic mass is 9.90. The molecule has 0 bridgehead atoms. The zero-order valence-electron chi connectivity index (χ0n) is 16.5. The maximum absolute atomic E-state index is 12.6. The Kier molecular flexibility index (Phi) is 6.04. The number of urea groups is 1. The highest BCUT2D eigenvalue weighted by Crippen LogP contribution is 2.48. The summed E-state index contributed by atoms with van der Waals surface area (Å²) in [6.45, 7) is 8.20. The Morgan fingerprint density at radius 1 is 1.21 bits per heavy atom. The molecule has 0 unspecified atom stereocenters. The van der Waals surface area contributed by atoms with Crippen molar-refractivity contribution in [1.82, 2.24) is 4.72 Å². The molecule has 0 aliphatic heterocycles. The smallest absolute Gasteiger partial charge is 0.329 e. The first-order valence-corrected chi connectivity index (χ1v) is 11.0. The Balaban J connectivity index is 1.74. The number of carbonyl (C=O) groups excluding carboxylic acids is 1. The van der Waals surface area contributed by atoms with Crippen LogP contribution in [0.4, 0.5) is 10.5 Å². The van der Waals surface area contributed by atoms with Crippen LogP contribution < -0.4 is 10.0 Å². The topological polar surface area (TPSA) is 85.2 Å². The first kappa shape index (κ1) is 20.7. The van der Waals surface area contributed by atoms with E-state index in [1.165, 1.54) is 23.3 Å². The van der Waals surface area contributed by atoms with Gasteiger partial charge in [0.1, 0.15) is 0 Å². The van der Waals surface area contributed by atoms with Gasteiger partial charge in [-0.2, -0.15) is 5.26 Å². The van der Waals surface area contributed by atoms with Crippen LogP contribution in [0.1, 0.15) is 73.9 Å². The molecule has 148 valence electrons. The average molecular weight is 416 g/mol. The summed E-state index contributed by atoms with van der Waals surface area (Å²) < 4.78 is 3.75. The fraction of sp³-hybridized carbons (Fsp3) is 0.429. The van der Waals surface area contributed by atoms with Gasteiger partial charge in [-0.25, -0.2) is 4.79 Å². The van der Waals surface area contributed by atoms with E-state index in [-0.39, 0.29) is 17.9 Å². The van der Waals surface area contributed by atoms with Gasteiger partial charge in [-0.15, -0.1) is 11.3 Å². The Bertz CT molecular complexity index is 895. The van der Waals surface area contributed by atoms with Crippen LogP contribution in [0.3, 0.4) is 0 Å². The van der Waals surface area contributed by atoms with Crippen molar-refractivity contribution in [1.29, 1.82) is 5.26 Å². The monoisotopic (exact) mass is 415 g/mol. The van der Waals surface area contributed by atoms with Gasteiger partial charge in [-0.3, -0.25) is 4.72 Å². The van der Waals surface area contributed by atoms with Gasteiger partial charge in [0, 0.05) is 10.6 Å². The number of anilines is 1. The van der Waals surface area contributed by atoms with Crippen LogP contribution in [0.2, 0.25) is 0 Å². The van der Waals surface area contributed by atoms with E-state index in [1.807, 2.05) is 52.0 Å². The highest BCUT2D eigenvalue weighted by atomic mass is 32.2. The summed E-state index contributed by atoms with van der Waals surface area (Å²) in [5, 5.41) is 22.5. The largest absolute Gasteiger partial charge is 0.384 e. The number of rotatable bonds is 6. The predicted molar refractivity (Wildman–Crippen MR) is 115 cm³/mol. The highest BCUT2D eigenvalue weighted by molar-refractivity contribution is 7.99. The second-order valence-electron chi connectivity index (χ2n) is 7.76. The van der Waals surface area contributed by atoms with Gasteiger partial charge in [-0.1, -0.05) is 27.7 Å². The fourth-order valence-corrected chi connectivity index (χ4v) is 4.86. The zero-order chi connectivity index (χ0) is 20.5. The molecule has 1 aliphatic rings. The molecular formula is C21H25N3O2S2. The Labute approximate surface area is 174 Å². The summed E-state index contributed by atoms with van der Waals surface area (Å²) in [6, 6.07) is 9.45. The van der Waals surface area contributed by atoms with Crippen molar-refractivity contribution in [3.8, 4) is 6.07 Å². The molecule has 7 heteroatoms. The van der Waals surface area contributed by atoms with E-state index in [2.05, 4.69) is 16.1 Å². The molecule has 28 heavy (non-hydrogen) atoms. The lowest BCUT2D eigenvalue weighted by molar-refractivity contribution is 0.155. The van der Waals surface area contributed by atoms with Gasteiger partial charge in [-0.05, 0) is 72.0 Å². The van der Waals surface area contributed by atoms with Crippen molar-refractivity contribution in [2.24, 2.45) is 0 Å². The number of nitriles is 1. The summed E-state index contributed by atoms with van der Waals surface area (Å²) in [5.74, 6) is 0.348. The molecule has 1 saturated carbocycles. The second-order valence-corrected chi connectivity index (χ2v) is 9.95. The third-order valence-electron chi connectivity index (χ3n) is 4.82. The quantitative estimate of drug-likeness (QED) is 0.530. The minimum absolute atomic E-state index is 0.174. The van der Waals surface area contributed by atoms with Crippen molar-refractivity contribution < 1.29 is 9.90 Å². The number of nitrogens with zero attached hydrogens (tertiary/aromatic N) is 1. The minimum atomic E-state index is -0.646. The van der Waals surface area contributed by atoms with Crippen LogP contribution in [0.15, 0.2) is 28.5 Å². The average Bonchev–Trinajstić information content (AvgIpc) is 3.21. The number of carbonyl (C=O) groups is 1. The lowest BCUT2D eigenvalue weighted by Crippen LogP contribution is -2.24. The van der Waals surface area contributed by atoms with Gasteiger partial charge in [0.15, 0.2) is 0 Å². The van der Waals surface area contributed by atoms with Gasteiger partial charge in [0.25, 0.3) is 0 Å². The van der Waals surface area contributed by atoms with E-state index in [9.17, 15) is 15.2 Å². The Morgan fingerprint density at radius 3 is 2.32 bits per heavy atom. The molecule has 2 aromatic rings. The van der Waals surface area contributed by atoms with Gasteiger partial charge in [0.2, 0.25) is 0 Å². The van der Waals surface area contributed by atoms with Gasteiger partial charge >= 0.3 is 6.03 Å². The lowest BCUT2D eigenvalue weighted by Gasteiger charge is -2.21. The summed E-state index contributed by atoms with van der Waals surface area (Å²) in [5.41, 5.74) is 2.65. The molecule has 0 saturated heterocycles. The van der Waals surface area contributed by atoms with Crippen molar-refractivity contribution in [2.45, 2.75) is 62.2 Å². The number of amides is 2. The molecule has 5 nitrogen and oxygen atoms in total. The molecular weight excluding hydrogens is 390 g/mol. The Morgan fingerprint density at radius 2 is 1.82 bits per heavy atom. The van der Waals surface area contributed by atoms with E-state index in [0.717, 1.165) is 38.7 Å². The fourth-order valence-electron chi connectivity index (χ4n) is 3.03. The molecule has 2 amide bonds. The molecule has 0 atom stereocenters. The minimum Gasteiger partial charge on any atom is -0.384 e. The molecule has 0 spiro atoms. The maximum atomic E-state index is 12.6. The number of hydrogen-bond donors (Lipinski definition) is 3. The first-order chi connectivity index (χ1) is 13.2. The zero-order valence-corrected chi connectivity index (χ0v) is 18.1. The molecule has 1 heterocycles. The van der Waals surface area contributed by atoms with Crippen molar-refractivity contribution >= 4 is 35.0 Å². The van der Waals surface area contributed by atoms with Crippen molar-refractivity contribution in [3.05, 3.63) is 45.8 Å². The van der Waals surface area contributed by atoms with Crippen LogP contribution >= 0.6 is 23.3 Å². The summed E-state index contributed by atoms with van der Waals surface area (Å²) >= 11 is 2.75. The molecule has 1 aliphatic carbocycles. The standard InChI is InChI=1S/C21H25N3O2S2/c1-12(2)15-9-14(11-22)10-16(13(3)4)19(15)23-20(25)24-28-18-6-5-17(27-18)21(26)7-8-21/h5-6,9-10,12-13,26H,7-8H2,1-4H3,(H2,23,24,25). The predicted octanol–water partition coefficient (Wildman–Crippen LogP) is 5.68. The second kappa shape index (κ2) is 8.16. The van der Waals surface area contributed by atoms with Crippen molar-refractivity contribution in [3.63, 3.8) is 0 Å². The molecule has 3 N–H and O–H groups in total. The molecule has 1 aromatic carbocycles. The number of benzene rings is 1. The maximum Gasteiger partial charge on any atom is 0.329 e. The first-order valence-electron chi connectivity index (χ1n) is 9.38. The third kappa shape index (κ3) is 4.52. The van der Waals surface area contributed by atoms with Gasteiger partial charge < -0.3 is 10.4 Å². The van der Waals surface area contributed by atoms with Crippen LogP contribution in [0.5, 0.6) is 0 Å². The number of aliphatic hydroxyl groups is 1. The van der Waals surface area contributed by atoms with E-state index < -0.39 is 5.60 Å². The molecule has 0 radical (unpaired) electrons. The van der Waals surface area contributed by atoms with Crippen LogP contribution in [-0.4, -0.2) is 11.1 Å². The SMILES string of the molecule is CC(C)c1cc(C#N)cc(C(C)C)c1NC(=O)NSc1ccc(C2(O)CC2)s1. The van der Waals surface area contributed by atoms with Crippen LogP contribution in [0, 0.1) is 11.3 Å². The van der Waals surface area contributed by atoms with Crippen LogP contribution in [0.25, 0.3) is 0 Å². The number of nitrogens with one attached hydrogen (secondary N) is 2. The number of hydrogen-bond acceptors (Lipinski definition) is 5. The molecule has 1 fully saturated rings. The normalized spacial score (nSPS) is 14.8. The van der Waals surface area contributed by atoms with E-state index in [0.29, 0.717) is 5.56 Å². The summed E-state index contributed by atoms with van der Waals surface area (Å²) in [4.78, 5) is 13.5. The summed E-state index contributed by atoms with van der Waals surface area (Å²) in [7, 11) is 0. The van der Waals surface area contributed by atoms with E-state index in [1.54, 1.807) is 0 Å². The number of thiophene rings is 1. The third-order valence-corrected chi connectivity index (χ3v) is 7.02. The molecule has 3 rings (SSSR count). The molecule has 1 aromatic heterocycles. The van der Waals surface area contributed by atoms with Gasteiger partial charge in [0.05, 0.1) is 21.4 Å². The Hall–Kier alpha value is -2.01. The van der Waals surface area contributed by atoms with E-state index in [4.69, 9.17) is 0 Å². The van der Waals surface area contributed by atoms with E-state index >= 15 is 0 Å². The summed E-state index contributed by atoms with van der Waals surface area (Å²) in [6.07, 6.45) is 1.61.